The third-order valence-corrected chi connectivity index (χ3v) is 1.59. The fraction of sp³-hybridized carbons (Fsp3) is 0.400. The molecule has 52 valence electrons. The topological polar surface area (TPSA) is 71.8 Å². The van der Waals surface area contributed by atoms with Crippen LogP contribution in [0.15, 0.2) is 0 Å². The minimum absolute atomic E-state index is 0.0706. The molecule has 0 radical (unpaired) electrons. The number of aromatic nitrogens is 2. The van der Waals surface area contributed by atoms with E-state index in [4.69, 9.17) is 0 Å². The molecule has 1 aromatic heterocycles. The number of hydrogen-bond acceptors (Lipinski definition) is 3. The van der Waals surface area contributed by atoms with Gasteiger partial charge in [0.15, 0.2) is 5.82 Å². The first-order chi connectivity index (χ1) is 4.77. The predicted molar refractivity (Wildman–Crippen MR) is 32.7 cm³/mol. The highest BCUT2D eigenvalue weighted by molar-refractivity contribution is 5.32. The molecule has 0 aliphatic carbocycles. The van der Waals surface area contributed by atoms with E-state index in [1.165, 1.54) is 0 Å². The average Bonchev–Trinajstić information content (AvgIpc) is 2.44. The lowest BCUT2D eigenvalue weighted by atomic mass is 10.2. The second-order valence-corrected chi connectivity index (χ2v) is 2.24. The lowest BCUT2D eigenvalue weighted by Crippen LogP contribution is -1.97. The smallest absolute Gasteiger partial charge is 0.343 e. The number of fused-ring (bicyclic) bond motifs is 2. The van der Waals surface area contributed by atoms with Crippen LogP contribution in [-0.4, -0.2) is 14.9 Å². The summed E-state index contributed by atoms with van der Waals surface area (Å²) < 4.78 is 0. The van der Waals surface area contributed by atoms with Gasteiger partial charge in [-0.05, 0) is 4.92 Å². The Bertz CT molecular complexity index is 291. The number of nitrogens with one attached hydrogen (secondary N) is 1. The number of nitrogens with zero attached hydrogens (tertiary/aromatic N) is 2. The molecule has 0 atom stereocenters. The van der Waals surface area contributed by atoms with Crippen LogP contribution < -0.4 is 0 Å². The molecule has 0 spiro atoms. The minimum Gasteiger partial charge on any atom is -0.358 e. The van der Waals surface area contributed by atoms with Crippen LogP contribution in [0.4, 0.5) is 5.82 Å². The molecule has 0 aromatic carbocycles. The van der Waals surface area contributed by atoms with E-state index in [0.29, 0.717) is 5.69 Å². The number of nitro groups is 1. The fourth-order valence-corrected chi connectivity index (χ4v) is 1.13. The molecule has 0 saturated heterocycles. The summed E-state index contributed by atoms with van der Waals surface area (Å²) in [5, 5.41) is 10.2. The Morgan fingerprint density at radius 3 is 2.70 bits per heavy atom. The first kappa shape index (κ1) is 5.40. The van der Waals surface area contributed by atoms with Crippen molar-refractivity contribution >= 4 is 5.82 Å². The van der Waals surface area contributed by atoms with Gasteiger partial charge in [-0.25, -0.2) is 9.97 Å². The Balaban J connectivity index is 2.53. The largest absolute Gasteiger partial charge is 0.358 e. The van der Waals surface area contributed by atoms with Crippen LogP contribution in [-0.2, 0) is 12.8 Å². The normalized spacial score (nSPS) is 14.0. The molecule has 2 heterocycles. The highest BCUT2D eigenvalue weighted by atomic mass is 16.6. The summed E-state index contributed by atoms with van der Waals surface area (Å²) in [5.74, 6) is 0.808. The molecule has 5 heteroatoms. The van der Waals surface area contributed by atoms with Crippen molar-refractivity contribution in [3.8, 4) is 0 Å². The number of rotatable bonds is 1. The summed E-state index contributed by atoms with van der Waals surface area (Å²) in [6.45, 7) is 0. The van der Waals surface area contributed by atoms with Gasteiger partial charge in [0, 0.05) is 12.8 Å². The van der Waals surface area contributed by atoms with E-state index < -0.39 is 4.92 Å². The van der Waals surface area contributed by atoms with Crippen LogP contribution in [0.2, 0.25) is 0 Å². The van der Waals surface area contributed by atoms with Gasteiger partial charge in [0.05, 0.1) is 0 Å². The molecule has 1 aliphatic heterocycles. The van der Waals surface area contributed by atoms with E-state index in [1.807, 2.05) is 0 Å². The van der Waals surface area contributed by atoms with Crippen LogP contribution in [0.1, 0.15) is 11.5 Å². The average molecular weight is 139 g/mol. The van der Waals surface area contributed by atoms with Gasteiger partial charge in [-0.15, -0.1) is 0 Å². The monoisotopic (exact) mass is 139 g/mol. The van der Waals surface area contributed by atoms with Crippen molar-refractivity contribution in [3.05, 3.63) is 21.6 Å². The van der Waals surface area contributed by atoms with Gasteiger partial charge in [-0.3, -0.25) is 0 Å². The van der Waals surface area contributed by atoms with E-state index in [1.54, 1.807) is 0 Å². The first-order valence-electron chi connectivity index (χ1n) is 2.99. The number of aryl methyl sites for hydroxylation is 2. The summed E-state index contributed by atoms with van der Waals surface area (Å²) in [5.41, 5.74) is 0.597. The zero-order valence-corrected chi connectivity index (χ0v) is 5.13. The molecule has 0 fully saturated rings. The van der Waals surface area contributed by atoms with E-state index in [-0.39, 0.29) is 5.82 Å². The van der Waals surface area contributed by atoms with Crippen LogP contribution in [0, 0.1) is 10.1 Å². The van der Waals surface area contributed by atoms with Gasteiger partial charge in [-0.1, -0.05) is 0 Å². The predicted octanol–water partition coefficient (Wildman–Crippen LogP) is 0.416. The van der Waals surface area contributed by atoms with Crippen molar-refractivity contribution < 1.29 is 4.92 Å². The quantitative estimate of drug-likeness (QED) is 0.452. The molecule has 2 bridgehead atoms. The van der Waals surface area contributed by atoms with E-state index in [2.05, 4.69) is 9.97 Å². The van der Waals surface area contributed by atoms with Crippen molar-refractivity contribution in [2.45, 2.75) is 12.8 Å². The maximum atomic E-state index is 10.2. The second kappa shape index (κ2) is 1.56. The van der Waals surface area contributed by atoms with Gasteiger partial charge in [0.2, 0.25) is 0 Å². The highest BCUT2D eigenvalue weighted by Gasteiger charge is 2.25. The lowest BCUT2D eigenvalue weighted by molar-refractivity contribution is -0.390. The molecular weight excluding hydrogens is 134 g/mol. The minimum atomic E-state index is -0.426. The molecule has 0 unspecified atom stereocenters. The SMILES string of the molecule is O=[N+]([O-])c1[nH]c2nc1CC2. The maximum Gasteiger partial charge on any atom is 0.343 e. The molecule has 0 amide bonds. The van der Waals surface area contributed by atoms with Crippen molar-refractivity contribution in [1.82, 2.24) is 9.97 Å². The Morgan fingerprint density at radius 1 is 1.60 bits per heavy atom. The van der Waals surface area contributed by atoms with Crippen LogP contribution in [0.5, 0.6) is 0 Å². The van der Waals surface area contributed by atoms with Crippen molar-refractivity contribution in [3.63, 3.8) is 0 Å². The Labute approximate surface area is 56.2 Å². The van der Waals surface area contributed by atoms with Gasteiger partial charge in [0.25, 0.3) is 0 Å². The number of H-pyrrole nitrogens is 1. The number of hydrogen-bond donors (Lipinski definition) is 1. The molecule has 1 N–H and O–H groups in total. The summed E-state index contributed by atoms with van der Waals surface area (Å²) in [6, 6.07) is 0. The zero-order chi connectivity index (χ0) is 7.14. The molecule has 1 aromatic rings. The molecule has 2 rings (SSSR count). The maximum absolute atomic E-state index is 10.2. The standard InChI is InChI=1S/C5H5N3O2/c9-8(10)5-3-1-2-4(6-3)7-5/h1-2H2,(H,6,7). The molecule has 10 heavy (non-hydrogen) atoms. The van der Waals surface area contributed by atoms with E-state index in [9.17, 15) is 10.1 Å². The van der Waals surface area contributed by atoms with E-state index >= 15 is 0 Å². The number of imidazole rings is 1. The van der Waals surface area contributed by atoms with Crippen LogP contribution in [0.25, 0.3) is 0 Å². The van der Waals surface area contributed by atoms with Crippen molar-refractivity contribution in [2.75, 3.05) is 0 Å². The Morgan fingerprint density at radius 2 is 2.40 bits per heavy atom. The fourth-order valence-electron chi connectivity index (χ4n) is 1.13. The molecule has 5 nitrogen and oxygen atoms in total. The van der Waals surface area contributed by atoms with Gasteiger partial charge >= 0.3 is 5.82 Å². The molecule has 1 aliphatic rings. The van der Waals surface area contributed by atoms with E-state index in [0.717, 1.165) is 18.7 Å². The number of aromatic amines is 1. The Kier molecular flexibility index (Phi) is 0.841. The van der Waals surface area contributed by atoms with Crippen LogP contribution in [0.3, 0.4) is 0 Å². The summed E-state index contributed by atoms with van der Waals surface area (Å²) in [4.78, 5) is 16.3. The lowest BCUT2D eigenvalue weighted by Gasteiger charge is -1.94. The van der Waals surface area contributed by atoms with Gasteiger partial charge < -0.3 is 10.1 Å². The summed E-state index contributed by atoms with van der Waals surface area (Å²) in [6.07, 6.45) is 1.55. The zero-order valence-electron chi connectivity index (χ0n) is 5.13. The van der Waals surface area contributed by atoms with Crippen LogP contribution >= 0.6 is 0 Å². The summed E-state index contributed by atoms with van der Waals surface area (Å²) >= 11 is 0. The first-order valence-corrected chi connectivity index (χ1v) is 2.99. The van der Waals surface area contributed by atoms with Gasteiger partial charge in [-0.2, -0.15) is 0 Å². The Hall–Kier alpha value is -1.39. The van der Waals surface area contributed by atoms with Crippen molar-refractivity contribution in [2.24, 2.45) is 0 Å². The molecule has 0 saturated carbocycles. The second-order valence-electron chi connectivity index (χ2n) is 2.24. The third-order valence-electron chi connectivity index (χ3n) is 1.59. The van der Waals surface area contributed by atoms with Gasteiger partial charge in [0.1, 0.15) is 5.69 Å². The third kappa shape index (κ3) is 0.541. The van der Waals surface area contributed by atoms with Crippen molar-refractivity contribution in [1.29, 1.82) is 0 Å². The highest BCUT2D eigenvalue weighted by Crippen LogP contribution is 2.22. The molecular formula is C5H5N3O2. The summed E-state index contributed by atoms with van der Waals surface area (Å²) in [7, 11) is 0.